The van der Waals surface area contributed by atoms with Crippen LogP contribution in [-0.4, -0.2) is 74.8 Å². The van der Waals surface area contributed by atoms with Gasteiger partial charge in [0.1, 0.15) is 12.1 Å². The van der Waals surface area contributed by atoms with Crippen LogP contribution in [0.25, 0.3) is 10.9 Å². The van der Waals surface area contributed by atoms with Crippen LogP contribution in [0.5, 0.6) is 0 Å². The van der Waals surface area contributed by atoms with Gasteiger partial charge >= 0.3 is 5.97 Å². The maximum atomic E-state index is 14.0. The number of nitrogens with one attached hydrogen (secondary N) is 3. The summed E-state index contributed by atoms with van der Waals surface area (Å²) in [7, 11) is 3.17. The lowest BCUT2D eigenvalue weighted by Gasteiger charge is -2.29. The number of hydrogen-bond donors (Lipinski definition) is 3. The summed E-state index contributed by atoms with van der Waals surface area (Å²) in [6.07, 6.45) is 2.91. The largest absolute Gasteiger partial charge is 0.450 e. The summed E-state index contributed by atoms with van der Waals surface area (Å²) in [6.45, 7) is 10.3. The fraction of sp³-hybridized carbons (Fsp3) is 0.486. The van der Waals surface area contributed by atoms with Gasteiger partial charge < -0.3 is 25.3 Å². The van der Waals surface area contributed by atoms with Gasteiger partial charge in [0.15, 0.2) is 6.10 Å². The van der Waals surface area contributed by atoms with E-state index < -0.39 is 24.2 Å². The summed E-state index contributed by atoms with van der Waals surface area (Å²) >= 11 is 0. The van der Waals surface area contributed by atoms with Gasteiger partial charge in [-0.2, -0.15) is 0 Å². The van der Waals surface area contributed by atoms with Crippen LogP contribution in [-0.2, 0) is 36.8 Å². The number of aryl methyl sites for hydroxylation is 1. The van der Waals surface area contributed by atoms with Crippen molar-refractivity contribution in [1.29, 1.82) is 0 Å². The zero-order valence-electron chi connectivity index (χ0n) is 27.3. The summed E-state index contributed by atoms with van der Waals surface area (Å²) in [5.41, 5.74) is 2.92. The van der Waals surface area contributed by atoms with Gasteiger partial charge in [-0.15, -0.1) is 0 Å². The molecular weight excluding hydrogens is 621 g/mol. The maximum absolute atomic E-state index is 14.0. The lowest BCUT2D eigenvalue weighted by Crippen LogP contribution is -2.53. The molecule has 1 fully saturated rings. The first kappa shape index (κ1) is 35.4. The number of benzene rings is 2. The SMILES string of the molecule is CC(C)NC(=O)[C@H](Cc1ccccc1)OC(=O)[C@@H]1CCCN1C(=O)[C@H](CSSC(C)(C)C)NC(=O)CCc1c[nH]c2ccccc12. The Morgan fingerprint density at radius 3 is 2.46 bits per heavy atom. The van der Waals surface area contributed by atoms with E-state index in [-0.39, 0.29) is 41.4 Å². The number of amides is 3. The van der Waals surface area contributed by atoms with Gasteiger partial charge in [0, 0.05) is 53.0 Å². The summed E-state index contributed by atoms with van der Waals surface area (Å²) in [4.78, 5) is 58.6. The molecule has 0 bridgehead atoms. The minimum atomic E-state index is -1.03. The molecule has 0 saturated carbocycles. The van der Waals surface area contributed by atoms with Crippen molar-refractivity contribution in [2.75, 3.05) is 12.3 Å². The van der Waals surface area contributed by atoms with Crippen molar-refractivity contribution >= 4 is 56.2 Å². The number of rotatable bonds is 14. The zero-order chi connectivity index (χ0) is 33.3. The number of aromatic amines is 1. The highest BCUT2D eigenvalue weighted by atomic mass is 33.1. The number of nitrogens with zero attached hydrogens (tertiary/aromatic N) is 1. The molecule has 2 aromatic carbocycles. The van der Waals surface area contributed by atoms with Gasteiger partial charge in [0.25, 0.3) is 5.91 Å². The number of para-hydroxylation sites is 1. The van der Waals surface area contributed by atoms with E-state index in [1.54, 1.807) is 10.8 Å². The standard InChI is InChI=1S/C35H46N4O5S2/c1-23(2)37-32(41)30(20-24-12-7-6-8-13-24)44-34(43)29-16-11-19-39(29)33(42)28(22-45-46-35(3,4)5)38-31(40)18-17-25-21-36-27-15-10-9-14-26(25)27/h6-10,12-15,21,23,28-30,36H,11,16-20,22H2,1-5H3,(H,37,41)(H,38,40)/t28-,29-,30-/m0/s1. The molecule has 4 rings (SSSR count). The molecule has 3 amide bonds. The number of likely N-dealkylation sites (tertiary alicyclic amines) is 1. The number of esters is 1. The van der Waals surface area contributed by atoms with E-state index in [1.165, 1.54) is 15.7 Å². The molecule has 1 saturated heterocycles. The third-order valence-electron chi connectivity index (χ3n) is 7.53. The van der Waals surface area contributed by atoms with Crippen molar-refractivity contribution in [3.05, 3.63) is 71.9 Å². The Morgan fingerprint density at radius 2 is 1.74 bits per heavy atom. The molecule has 1 aromatic heterocycles. The summed E-state index contributed by atoms with van der Waals surface area (Å²) < 4.78 is 5.80. The second kappa shape index (κ2) is 16.4. The van der Waals surface area contributed by atoms with Crippen LogP contribution < -0.4 is 10.6 Å². The van der Waals surface area contributed by atoms with E-state index in [4.69, 9.17) is 4.74 Å². The predicted molar refractivity (Wildman–Crippen MR) is 186 cm³/mol. The predicted octanol–water partition coefficient (Wildman–Crippen LogP) is 5.44. The molecule has 1 aliphatic rings. The molecule has 0 aliphatic carbocycles. The van der Waals surface area contributed by atoms with E-state index in [9.17, 15) is 19.2 Å². The Hall–Kier alpha value is -3.44. The Morgan fingerprint density at radius 1 is 1.02 bits per heavy atom. The van der Waals surface area contributed by atoms with Crippen LogP contribution in [0, 0.1) is 0 Å². The smallest absolute Gasteiger partial charge is 0.329 e. The third-order valence-corrected chi connectivity index (χ3v) is 10.9. The second-order valence-corrected chi connectivity index (χ2v) is 16.1. The monoisotopic (exact) mass is 666 g/mol. The average Bonchev–Trinajstić information content (AvgIpc) is 3.66. The van der Waals surface area contributed by atoms with Gasteiger partial charge in [-0.1, -0.05) is 90.9 Å². The summed E-state index contributed by atoms with van der Waals surface area (Å²) in [5.74, 6) is -1.17. The topological polar surface area (TPSA) is 121 Å². The molecule has 0 unspecified atom stereocenters. The number of H-pyrrole nitrogens is 1. The first-order valence-corrected chi connectivity index (χ1v) is 18.2. The van der Waals surface area contributed by atoms with Crippen molar-refractivity contribution in [3.8, 4) is 0 Å². The number of ether oxygens (including phenoxy) is 1. The minimum absolute atomic E-state index is 0.0398. The van der Waals surface area contributed by atoms with E-state index in [0.29, 0.717) is 31.6 Å². The first-order valence-electron chi connectivity index (χ1n) is 15.9. The Balaban J connectivity index is 1.45. The second-order valence-electron chi connectivity index (χ2n) is 12.9. The average molecular weight is 667 g/mol. The normalized spacial score (nSPS) is 16.3. The van der Waals surface area contributed by atoms with Crippen LogP contribution in [0.4, 0.5) is 0 Å². The number of carbonyl (C=O) groups excluding carboxylic acids is 4. The van der Waals surface area contributed by atoms with E-state index >= 15 is 0 Å². The van der Waals surface area contributed by atoms with Crippen molar-refractivity contribution in [1.82, 2.24) is 20.5 Å². The van der Waals surface area contributed by atoms with Crippen LogP contribution in [0.2, 0.25) is 0 Å². The fourth-order valence-electron chi connectivity index (χ4n) is 5.39. The number of hydrogen-bond acceptors (Lipinski definition) is 7. The zero-order valence-corrected chi connectivity index (χ0v) is 29.0. The molecule has 9 nitrogen and oxygen atoms in total. The Labute approximate surface area is 279 Å². The van der Waals surface area contributed by atoms with Gasteiger partial charge in [0.05, 0.1) is 0 Å². The molecule has 3 aromatic rings. The highest BCUT2D eigenvalue weighted by Gasteiger charge is 2.40. The quantitative estimate of drug-likeness (QED) is 0.155. The molecule has 46 heavy (non-hydrogen) atoms. The highest BCUT2D eigenvalue weighted by Crippen LogP contribution is 2.35. The third kappa shape index (κ3) is 10.3. The van der Waals surface area contributed by atoms with E-state index in [2.05, 4.69) is 36.4 Å². The van der Waals surface area contributed by atoms with Crippen molar-refractivity contribution in [2.24, 2.45) is 0 Å². The van der Waals surface area contributed by atoms with Crippen LogP contribution in [0.15, 0.2) is 60.8 Å². The van der Waals surface area contributed by atoms with Crippen LogP contribution >= 0.6 is 21.6 Å². The van der Waals surface area contributed by atoms with Gasteiger partial charge in [-0.05, 0) is 50.3 Å². The van der Waals surface area contributed by atoms with Crippen LogP contribution in [0.3, 0.4) is 0 Å². The van der Waals surface area contributed by atoms with Gasteiger partial charge in [0.2, 0.25) is 11.8 Å². The summed E-state index contributed by atoms with van der Waals surface area (Å²) in [6, 6.07) is 15.6. The van der Waals surface area contributed by atoms with Crippen molar-refractivity contribution in [3.63, 3.8) is 0 Å². The molecule has 11 heteroatoms. The molecule has 0 radical (unpaired) electrons. The van der Waals surface area contributed by atoms with Crippen LogP contribution in [0.1, 0.15) is 65.0 Å². The van der Waals surface area contributed by atoms with E-state index in [0.717, 1.165) is 22.0 Å². The number of aromatic nitrogens is 1. The maximum Gasteiger partial charge on any atom is 0.329 e. The molecule has 3 atom stereocenters. The molecule has 248 valence electrons. The first-order chi connectivity index (χ1) is 21.9. The molecule has 2 heterocycles. The minimum Gasteiger partial charge on any atom is -0.450 e. The van der Waals surface area contributed by atoms with Gasteiger partial charge in [-0.3, -0.25) is 14.4 Å². The highest BCUT2D eigenvalue weighted by molar-refractivity contribution is 8.77. The lowest BCUT2D eigenvalue weighted by atomic mass is 10.1. The molecule has 1 aliphatic heterocycles. The molecule has 3 N–H and O–H groups in total. The van der Waals surface area contributed by atoms with E-state index in [1.807, 2.05) is 74.6 Å². The molecular formula is C35H46N4O5S2. The Kier molecular flexibility index (Phi) is 12.6. The van der Waals surface area contributed by atoms with Gasteiger partial charge in [-0.25, -0.2) is 4.79 Å². The fourth-order valence-corrected chi connectivity index (χ4v) is 7.85. The summed E-state index contributed by atoms with van der Waals surface area (Å²) in [5, 5.41) is 6.90. The van der Waals surface area contributed by atoms with Crippen molar-refractivity contribution < 1.29 is 23.9 Å². The van der Waals surface area contributed by atoms with Crippen molar-refractivity contribution in [2.45, 2.75) is 95.7 Å². The number of fused-ring (bicyclic) bond motifs is 1. The number of carbonyl (C=O) groups is 4. The lowest BCUT2D eigenvalue weighted by molar-refractivity contribution is -0.162. The Bertz CT molecular complexity index is 1490. The molecule has 0 spiro atoms.